The van der Waals surface area contributed by atoms with Crippen molar-refractivity contribution in [3.05, 3.63) is 53.4 Å². The zero-order chi connectivity index (χ0) is 13.8. The number of hydrogen-bond acceptors (Lipinski definition) is 3. The van der Waals surface area contributed by atoms with Crippen molar-refractivity contribution in [3.63, 3.8) is 0 Å². The van der Waals surface area contributed by atoms with E-state index in [1.165, 1.54) is 0 Å². The molecule has 0 bridgehead atoms. The summed E-state index contributed by atoms with van der Waals surface area (Å²) >= 11 is 0. The van der Waals surface area contributed by atoms with Crippen molar-refractivity contribution < 1.29 is 9.53 Å². The molecule has 0 N–H and O–H groups in total. The van der Waals surface area contributed by atoms with Gasteiger partial charge in [-0.2, -0.15) is 5.10 Å². The predicted molar refractivity (Wildman–Crippen MR) is 74.3 cm³/mol. The Bertz CT molecular complexity index is 627. The van der Waals surface area contributed by atoms with Gasteiger partial charge in [0, 0.05) is 24.4 Å². The lowest BCUT2D eigenvalue weighted by molar-refractivity contribution is 0.104. The van der Waals surface area contributed by atoms with E-state index in [2.05, 4.69) is 5.10 Å². The van der Waals surface area contributed by atoms with Gasteiger partial charge in [-0.3, -0.25) is 9.48 Å². The lowest BCUT2D eigenvalue weighted by Gasteiger charge is -2.00. The molecule has 0 spiro atoms. The van der Waals surface area contributed by atoms with E-state index in [9.17, 15) is 4.79 Å². The Kier molecular flexibility index (Phi) is 3.80. The van der Waals surface area contributed by atoms with Crippen molar-refractivity contribution in [2.75, 3.05) is 7.11 Å². The fraction of sp³-hybridized carbons (Fsp3) is 0.200. The molecule has 4 heteroatoms. The highest BCUT2D eigenvalue weighted by atomic mass is 16.5. The zero-order valence-electron chi connectivity index (χ0n) is 11.3. The standard InChI is InChI=1S/C15H16N2O2/c1-11-13(10-17(2)16-11)7-8-15(18)12-5-4-6-14(9-12)19-3/h4-10H,1-3H3/b8-7+. The molecular formula is C15H16N2O2. The lowest BCUT2D eigenvalue weighted by Crippen LogP contribution is -1.94. The van der Waals surface area contributed by atoms with Crippen LogP contribution in [0.3, 0.4) is 0 Å². The molecule has 1 heterocycles. The maximum atomic E-state index is 12.0. The second-order valence-electron chi connectivity index (χ2n) is 4.27. The van der Waals surface area contributed by atoms with Gasteiger partial charge in [-0.1, -0.05) is 12.1 Å². The van der Waals surface area contributed by atoms with Gasteiger partial charge in [-0.15, -0.1) is 0 Å². The summed E-state index contributed by atoms with van der Waals surface area (Å²) in [7, 11) is 3.44. The van der Waals surface area contributed by atoms with Crippen LogP contribution in [0.25, 0.3) is 6.08 Å². The van der Waals surface area contributed by atoms with Crippen molar-refractivity contribution in [2.45, 2.75) is 6.92 Å². The minimum Gasteiger partial charge on any atom is -0.497 e. The number of allylic oxidation sites excluding steroid dienone is 1. The monoisotopic (exact) mass is 256 g/mol. The van der Waals surface area contributed by atoms with Crippen LogP contribution in [-0.4, -0.2) is 22.7 Å². The molecule has 0 atom stereocenters. The average Bonchev–Trinajstić information content (AvgIpc) is 2.74. The molecule has 0 amide bonds. The number of hydrogen-bond donors (Lipinski definition) is 0. The van der Waals surface area contributed by atoms with Crippen LogP contribution in [0.1, 0.15) is 21.6 Å². The summed E-state index contributed by atoms with van der Waals surface area (Å²) in [6.07, 6.45) is 5.22. The molecule has 0 radical (unpaired) electrons. The van der Waals surface area contributed by atoms with Gasteiger partial charge in [0.1, 0.15) is 5.75 Å². The van der Waals surface area contributed by atoms with Crippen LogP contribution in [0.15, 0.2) is 36.5 Å². The van der Waals surface area contributed by atoms with Crippen LogP contribution >= 0.6 is 0 Å². The number of ketones is 1. The number of ether oxygens (including phenoxy) is 1. The smallest absolute Gasteiger partial charge is 0.185 e. The average molecular weight is 256 g/mol. The number of carbonyl (C=O) groups excluding carboxylic acids is 1. The quantitative estimate of drug-likeness (QED) is 0.624. The largest absolute Gasteiger partial charge is 0.497 e. The first-order valence-corrected chi connectivity index (χ1v) is 5.97. The predicted octanol–water partition coefficient (Wildman–Crippen LogP) is 2.63. The molecule has 4 nitrogen and oxygen atoms in total. The van der Waals surface area contributed by atoms with Crippen LogP contribution in [0.5, 0.6) is 5.75 Å². The van der Waals surface area contributed by atoms with Crippen molar-refractivity contribution in [1.29, 1.82) is 0 Å². The van der Waals surface area contributed by atoms with Crippen LogP contribution in [0.4, 0.5) is 0 Å². The number of nitrogens with zero attached hydrogens (tertiary/aromatic N) is 2. The van der Waals surface area contributed by atoms with Gasteiger partial charge in [0.25, 0.3) is 0 Å². The van der Waals surface area contributed by atoms with E-state index < -0.39 is 0 Å². The first-order valence-electron chi connectivity index (χ1n) is 5.97. The van der Waals surface area contributed by atoms with E-state index in [-0.39, 0.29) is 5.78 Å². The van der Waals surface area contributed by atoms with Crippen LogP contribution in [-0.2, 0) is 7.05 Å². The van der Waals surface area contributed by atoms with Crippen LogP contribution in [0.2, 0.25) is 0 Å². The molecule has 0 saturated heterocycles. The van der Waals surface area contributed by atoms with Gasteiger partial charge < -0.3 is 4.74 Å². The molecule has 0 aliphatic heterocycles. The SMILES string of the molecule is COc1cccc(C(=O)/C=C/c2cn(C)nc2C)c1. The fourth-order valence-corrected chi connectivity index (χ4v) is 1.82. The Hall–Kier alpha value is -2.36. The number of carbonyl (C=O) groups is 1. The zero-order valence-corrected chi connectivity index (χ0v) is 11.3. The normalized spacial score (nSPS) is 10.9. The number of aromatic nitrogens is 2. The Balaban J connectivity index is 2.18. The van der Waals surface area contributed by atoms with E-state index >= 15 is 0 Å². The molecule has 1 aromatic heterocycles. The Morgan fingerprint density at radius 1 is 1.42 bits per heavy atom. The second kappa shape index (κ2) is 5.52. The number of rotatable bonds is 4. The third-order valence-electron chi connectivity index (χ3n) is 2.82. The van der Waals surface area contributed by atoms with Gasteiger partial charge in [0.2, 0.25) is 0 Å². The van der Waals surface area contributed by atoms with E-state index in [1.54, 1.807) is 42.1 Å². The molecule has 0 aliphatic rings. The second-order valence-corrected chi connectivity index (χ2v) is 4.27. The first kappa shape index (κ1) is 13.1. The number of aryl methyl sites for hydroxylation is 2. The molecule has 19 heavy (non-hydrogen) atoms. The van der Waals surface area contributed by atoms with Gasteiger partial charge in [0.05, 0.1) is 12.8 Å². The Labute approximate surface area is 112 Å². The molecule has 98 valence electrons. The Morgan fingerprint density at radius 3 is 2.84 bits per heavy atom. The van der Waals surface area contributed by atoms with Gasteiger partial charge in [-0.25, -0.2) is 0 Å². The van der Waals surface area contributed by atoms with E-state index in [0.717, 1.165) is 11.3 Å². The van der Waals surface area contributed by atoms with Crippen molar-refractivity contribution in [1.82, 2.24) is 9.78 Å². The molecule has 1 aromatic carbocycles. The van der Waals surface area contributed by atoms with E-state index in [1.807, 2.05) is 26.2 Å². The van der Waals surface area contributed by atoms with Crippen LogP contribution in [0, 0.1) is 6.92 Å². The molecule has 2 rings (SSSR count). The maximum absolute atomic E-state index is 12.0. The molecule has 0 aliphatic carbocycles. The van der Waals surface area contributed by atoms with E-state index in [0.29, 0.717) is 11.3 Å². The highest BCUT2D eigenvalue weighted by Crippen LogP contribution is 2.14. The summed E-state index contributed by atoms with van der Waals surface area (Å²) < 4.78 is 6.83. The van der Waals surface area contributed by atoms with Crippen molar-refractivity contribution >= 4 is 11.9 Å². The molecular weight excluding hydrogens is 240 g/mol. The minimum absolute atomic E-state index is 0.0536. The summed E-state index contributed by atoms with van der Waals surface area (Å²) in [5, 5.41) is 4.22. The van der Waals surface area contributed by atoms with Gasteiger partial charge in [0.15, 0.2) is 5.78 Å². The lowest BCUT2D eigenvalue weighted by atomic mass is 10.1. The summed E-state index contributed by atoms with van der Waals surface area (Å²) in [5.74, 6) is 0.624. The fourth-order valence-electron chi connectivity index (χ4n) is 1.82. The van der Waals surface area contributed by atoms with E-state index in [4.69, 9.17) is 4.74 Å². The summed E-state index contributed by atoms with van der Waals surface area (Å²) in [6.45, 7) is 1.91. The highest BCUT2D eigenvalue weighted by molar-refractivity contribution is 6.07. The maximum Gasteiger partial charge on any atom is 0.185 e. The summed E-state index contributed by atoms with van der Waals surface area (Å²) in [6, 6.07) is 7.11. The van der Waals surface area contributed by atoms with Crippen molar-refractivity contribution in [3.8, 4) is 5.75 Å². The first-order chi connectivity index (χ1) is 9.10. The third-order valence-corrected chi connectivity index (χ3v) is 2.82. The third kappa shape index (κ3) is 3.10. The summed E-state index contributed by atoms with van der Waals surface area (Å²) in [4.78, 5) is 12.0. The highest BCUT2D eigenvalue weighted by Gasteiger charge is 2.04. The number of benzene rings is 1. The topological polar surface area (TPSA) is 44.1 Å². The van der Waals surface area contributed by atoms with Gasteiger partial charge in [-0.05, 0) is 31.2 Å². The number of methoxy groups -OCH3 is 1. The minimum atomic E-state index is -0.0536. The van der Waals surface area contributed by atoms with Crippen molar-refractivity contribution in [2.24, 2.45) is 7.05 Å². The molecule has 0 unspecified atom stereocenters. The molecule has 0 fully saturated rings. The summed E-state index contributed by atoms with van der Waals surface area (Å²) in [5.41, 5.74) is 2.45. The molecule has 0 saturated carbocycles. The molecule has 2 aromatic rings. The Morgan fingerprint density at radius 2 is 2.21 bits per heavy atom. The van der Waals surface area contributed by atoms with Crippen LogP contribution < -0.4 is 4.74 Å². The van der Waals surface area contributed by atoms with Gasteiger partial charge >= 0.3 is 0 Å².